The van der Waals surface area contributed by atoms with Crippen LogP contribution in [0.4, 0.5) is 0 Å². The molecule has 2 aliphatic rings. The van der Waals surface area contributed by atoms with E-state index in [1.165, 1.54) is 12.8 Å². The summed E-state index contributed by atoms with van der Waals surface area (Å²) in [5, 5.41) is 9.05. The molecule has 1 amide bonds. The van der Waals surface area contributed by atoms with Crippen molar-refractivity contribution in [3.8, 4) is 5.75 Å². The monoisotopic (exact) mass is 333 g/mol. The van der Waals surface area contributed by atoms with Crippen molar-refractivity contribution >= 4 is 11.9 Å². The molecule has 0 radical (unpaired) electrons. The van der Waals surface area contributed by atoms with Crippen LogP contribution in [0.3, 0.4) is 0 Å². The molecule has 2 atom stereocenters. The van der Waals surface area contributed by atoms with Crippen molar-refractivity contribution in [1.29, 1.82) is 0 Å². The summed E-state index contributed by atoms with van der Waals surface area (Å²) in [5.41, 5.74) is 0.543. The van der Waals surface area contributed by atoms with Crippen LogP contribution >= 0.6 is 0 Å². The van der Waals surface area contributed by atoms with E-state index in [0.29, 0.717) is 24.4 Å². The number of carbonyl (C=O) groups is 2. The Morgan fingerprint density at radius 1 is 1.25 bits per heavy atom. The molecular formula is C18H23NO5. The summed E-state index contributed by atoms with van der Waals surface area (Å²) < 4.78 is 11.0. The lowest BCUT2D eigenvalue weighted by Gasteiger charge is -2.23. The molecule has 24 heavy (non-hydrogen) atoms. The molecule has 1 aromatic rings. The molecule has 1 aliphatic carbocycles. The third-order valence-electron chi connectivity index (χ3n) is 4.66. The van der Waals surface area contributed by atoms with Gasteiger partial charge in [0.2, 0.25) is 0 Å². The smallest absolute Gasteiger partial charge is 0.305 e. The van der Waals surface area contributed by atoms with E-state index < -0.39 is 5.97 Å². The number of nitrogens with zero attached hydrogens (tertiary/aromatic N) is 1. The largest absolute Gasteiger partial charge is 0.493 e. The fourth-order valence-corrected chi connectivity index (χ4v) is 3.05. The lowest BCUT2D eigenvalue weighted by molar-refractivity contribution is -0.137. The highest BCUT2D eigenvalue weighted by Crippen LogP contribution is 2.30. The zero-order valence-electron chi connectivity index (χ0n) is 13.8. The molecule has 2 unspecified atom stereocenters. The van der Waals surface area contributed by atoms with Crippen LogP contribution in [0.2, 0.25) is 0 Å². The Kier molecular flexibility index (Phi) is 5.04. The molecule has 6 heteroatoms. The number of carbonyl (C=O) groups excluding carboxylic acids is 1. The average Bonchev–Trinajstić information content (AvgIpc) is 3.32. The predicted octanol–water partition coefficient (Wildman–Crippen LogP) is 2.18. The van der Waals surface area contributed by atoms with Crippen LogP contribution in [-0.4, -0.2) is 54.3 Å². The summed E-state index contributed by atoms with van der Waals surface area (Å²) in [4.78, 5) is 25.4. The van der Waals surface area contributed by atoms with E-state index in [4.69, 9.17) is 14.6 Å². The number of likely N-dealkylation sites (tertiary alicyclic amines) is 1. The minimum atomic E-state index is -0.904. The third-order valence-corrected chi connectivity index (χ3v) is 4.66. The highest BCUT2D eigenvalue weighted by molar-refractivity contribution is 5.95. The molecule has 1 aromatic carbocycles. The molecular weight excluding hydrogens is 310 g/mol. The van der Waals surface area contributed by atoms with Gasteiger partial charge in [-0.3, -0.25) is 9.59 Å². The maximum absolute atomic E-state index is 12.7. The minimum Gasteiger partial charge on any atom is -0.493 e. The number of carboxylic acid groups (broad SMARTS) is 1. The van der Waals surface area contributed by atoms with Gasteiger partial charge in [-0.25, -0.2) is 0 Å². The molecule has 1 saturated carbocycles. The first-order chi connectivity index (χ1) is 11.6. The average molecular weight is 333 g/mol. The van der Waals surface area contributed by atoms with Crippen molar-refractivity contribution in [2.45, 2.75) is 37.8 Å². The van der Waals surface area contributed by atoms with Crippen molar-refractivity contribution in [3.05, 3.63) is 29.8 Å². The zero-order chi connectivity index (χ0) is 17.1. The molecule has 0 aromatic heterocycles. The fourth-order valence-electron chi connectivity index (χ4n) is 3.05. The number of carboxylic acids is 1. The van der Waals surface area contributed by atoms with Crippen LogP contribution in [0.25, 0.3) is 0 Å². The lowest BCUT2D eigenvalue weighted by Crippen LogP contribution is -2.37. The fraction of sp³-hybridized carbons (Fsp3) is 0.556. The first kappa shape index (κ1) is 16.8. The molecule has 3 rings (SSSR count). The predicted molar refractivity (Wildman–Crippen MR) is 87.2 cm³/mol. The number of ether oxygens (including phenoxy) is 2. The van der Waals surface area contributed by atoms with Crippen LogP contribution in [0.5, 0.6) is 5.75 Å². The summed E-state index contributed by atoms with van der Waals surface area (Å²) in [7, 11) is 1.59. The van der Waals surface area contributed by atoms with Crippen molar-refractivity contribution in [1.82, 2.24) is 4.90 Å². The standard InChI is InChI=1S/C18H23NO5/c1-23-16-8-14(9-17(20)21)19(10-16)18(22)13-4-6-15(7-5-13)24-11-12-2-3-12/h4-7,12,14,16H,2-3,8-11H2,1H3,(H,20,21). The number of hydrogen-bond acceptors (Lipinski definition) is 4. The Hall–Kier alpha value is -2.08. The van der Waals surface area contributed by atoms with Gasteiger partial charge in [0, 0.05) is 25.3 Å². The van der Waals surface area contributed by atoms with Gasteiger partial charge < -0.3 is 19.5 Å². The van der Waals surface area contributed by atoms with E-state index >= 15 is 0 Å². The number of rotatable bonds is 7. The minimum absolute atomic E-state index is 0.0613. The quantitative estimate of drug-likeness (QED) is 0.828. The summed E-state index contributed by atoms with van der Waals surface area (Å²) in [5.74, 6) is 0.378. The van der Waals surface area contributed by atoms with Gasteiger partial charge in [-0.15, -0.1) is 0 Å². The molecule has 2 fully saturated rings. The molecule has 1 heterocycles. The summed E-state index contributed by atoms with van der Waals surface area (Å²) in [6, 6.07) is 6.74. The summed E-state index contributed by atoms with van der Waals surface area (Å²) >= 11 is 0. The van der Waals surface area contributed by atoms with Gasteiger partial charge in [-0.2, -0.15) is 0 Å². The van der Waals surface area contributed by atoms with Gasteiger partial charge in [0.25, 0.3) is 5.91 Å². The summed E-state index contributed by atoms with van der Waals surface area (Å²) in [6.07, 6.45) is 2.85. The lowest BCUT2D eigenvalue weighted by atomic mass is 10.1. The second kappa shape index (κ2) is 7.21. The van der Waals surface area contributed by atoms with Crippen molar-refractivity contribution in [2.75, 3.05) is 20.3 Å². The molecule has 1 aliphatic heterocycles. The Morgan fingerprint density at radius 3 is 2.54 bits per heavy atom. The van der Waals surface area contributed by atoms with Crippen LogP contribution in [-0.2, 0) is 9.53 Å². The highest BCUT2D eigenvalue weighted by atomic mass is 16.5. The highest BCUT2D eigenvalue weighted by Gasteiger charge is 2.36. The first-order valence-electron chi connectivity index (χ1n) is 8.35. The van der Waals surface area contributed by atoms with E-state index in [-0.39, 0.29) is 24.5 Å². The van der Waals surface area contributed by atoms with Crippen molar-refractivity contribution < 1.29 is 24.2 Å². The summed E-state index contributed by atoms with van der Waals surface area (Å²) in [6.45, 7) is 1.16. The van der Waals surface area contributed by atoms with E-state index in [0.717, 1.165) is 12.4 Å². The zero-order valence-corrected chi connectivity index (χ0v) is 13.8. The molecule has 1 N–H and O–H groups in total. The van der Waals surface area contributed by atoms with Crippen LogP contribution in [0.15, 0.2) is 24.3 Å². The SMILES string of the molecule is COC1CC(CC(=O)O)N(C(=O)c2ccc(OCC3CC3)cc2)C1. The van der Waals surface area contributed by atoms with Crippen LogP contribution < -0.4 is 4.74 Å². The number of aliphatic carboxylic acids is 1. The number of methoxy groups -OCH3 is 1. The van der Waals surface area contributed by atoms with E-state index in [9.17, 15) is 9.59 Å². The second-order valence-electron chi connectivity index (χ2n) is 6.58. The number of benzene rings is 1. The Morgan fingerprint density at radius 2 is 1.96 bits per heavy atom. The Labute approximate surface area is 141 Å². The maximum Gasteiger partial charge on any atom is 0.305 e. The number of amides is 1. The van der Waals surface area contributed by atoms with Crippen molar-refractivity contribution in [3.63, 3.8) is 0 Å². The van der Waals surface area contributed by atoms with Gasteiger partial charge in [-0.05, 0) is 49.4 Å². The molecule has 1 saturated heterocycles. The van der Waals surface area contributed by atoms with E-state index in [2.05, 4.69) is 0 Å². The third kappa shape index (κ3) is 4.06. The van der Waals surface area contributed by atoms with E-state index in [1.807, 2.05) is 0 Å². The second-order valence-corrected chi connectivity index (χ2v) is 6.58. The molecule has 0 bridgehead atoms. The first-order valence-corrected chi connectivity index (χ1v) is 8.35. The molecule has 6 nitrogen and oxygen atoms in total. The topological polar surface area (TPSA) is 76.1 Å². The van der Waals surface area contributed by atoms with Gasteiger partial charge in [0.15, 0.2) is 0 Å². The Bertz CT molecular complexity index is 596. The van der Waals surface area contributed by atoms with Gasteiger partial charge in [0.05, 0.1) is 19.1 Å². The van der Waals surface area contributed by atoms with E-state index in [1.54, 1.807) is 36.3 Å². The molecule has 130 valence electrons. The normalized spacial score (nSPS) is 23.3. The molecule has 0 spiro atoms. The van der Waals surface area contributed by atoms with Gasteiger partial charge >= 0.3 is 5.97 Å². The Balaban J connectivity index is 1.65. The van der Waals surface area contributed by atoms with Crippen LogP contribution in [0, 0.1) is 5.92 Å². The number of hydrogen-bond donors (Lipinski definition) is 1. The van der Waals surface area contributed by atoms with Gasteiger partial charge in [-0.1, -0.05) is 0 Å². The van der Waals surface area contributed by atoms with Crippen molar-refractivity contribution in [2.24, 2.45) is 5.92 Å². The maximum atomic E-state index is 12.7. The van der Waals surface area contributed by atoms with Crippen LogP contribution in [0.1, 0.15) is 36.0 Å². The van der Waals surface area contributed by atoms with Gasteiger partial charge in [0.1, 0.15) is 5.75 Å².